The molecule has 11 nitrogen and oxygen atoms in total. The van der Waals surface area contributed by atoms with Crippen LogP contribution < -0.4 is 0 Å². The minimum atomic E-state index is -0.488. The molecule has 4 fully saturated rings. The van der Waals surface area contributed by atoms with Gasteiger partial charge in [-0.1, -0.05) is 149 Å². The van der Waals surface area contributed by atoms with Crippen LogP contribution in [-0.4, -0.2) is 136 Å². The molecule has 8 rings (SSSR count). The van der Waals surface area contributed by atoms with E-state index in [9.17, 15) is 19.2 Å². The smallest absolute Gasteiger partial charge is 0.410 e. The summed E-state index contributed by atoms with van der Waals surface area (Å²) in [6.45, 7) is 24.1. The van der Waals surface area contributed by atoms with E-state index in [0.29, 0.717) is 49.6 Å². The Kier molecular flexibility index (Phi) is 19.2. The fraction of sp³-hybridized carbons (Fsp3) is 0.541. The van der Waals surface area contributed by atoms with E-state index < -0.39 is 5.60 Å². The molecule has 4 amide bonds. The molecule has 4 aliphatic heterocycles. The number of piperazine rings is 2. The number of ether oxygens (including phenoxy) is 1. The SMILES string of the molecule is CC(=O)N1CCC(CC(=O)N2CCN(C(c3ccccc3)c3ccccc3)C[C@@H]2C(C)C)CC1.CC(C)[C@H]1CN(C(c2ccccc2)c2ccccc2)CCN1C(=O)CC1CCN(C(=O)OC(C)(C)C)CC1. The van der Waals surface area contributed by atoms with Crippen LogP contribution in [0.25, 0.3) is 0 Å². The van der Waals surface area contributed by atoms with Crippen LogP contribution in [0.15, 0.2) is 121 Å². The second kappa shape index (κ2) is 25.4. The van der Waals surface area contributed by atoms with E-state index in [-0.39, 0.29) is 48.0 Å². The summed E-state index contributed by atoms with van der Waals surface area (Å²) in [5, 5.41) is 0. The molecule has 0 aliphatic carbocycles. The summed E-state index contributed by atoms with van der Waals surface area (Å²) in [4.78, 5) is 64.2. The first kappa shape index (κ1) is 54.3. The summed E-state index contributed by atoms with van der Waals surface area (Å²) in [6, 6.07) is 43.6. The van der Waals surface area contributed by atoms with Crippen molar-refractivity contribution in [2.45, 2.75) is 124 Å². The van der Waals surface area contributed by atoms with Crippen LogP contribution in [0.1, 0.15) is 128 Å². The first-order valence-corrected chi connectivity index (χ1v) is 27.1. The molecule has 2 atom stereocenters. The molecule has 0 unspecified atom stereocenters. The van der Waals surface area contributed by atoms with Crippen molar-refractivity contribution in [1.82, 2.24) is 29.4 Å². The lowest BCUT2D eigenvalue weighted by molar-refractivity contribution is -0.140. The summed E-state index contributed by atoms with van der Waals surface area (Å²) in [5.41, 5.74) is 4.69. The fourth-order valence-electron chi connectivity index (χ4n) is 11.5. The van der Waals surface area contributed by atoms with Gasteiger partial charge >= 0.3 is 6.09 Å². The van der Waals surface area contributed by atoms with E-state index in [1.807, 2.05) is 25.7 Å². The molecule has 4 heterocycles. The zero-order valence-corrected chi connectivity index (χ0v) is 44.7. The van der Waals surface area contributed by atoms with Crippen molar-refractivity contribution in [3.8, 4) is 0 Å². The zero-order valence-electron chi connectivity index (χ0n) is 44.7. The second-order valence-corrected chi connectivity index (χ2v) is 22.5. The van der Waals surface area contributed by atoms with E-state index in [0.717, 1.165) is 78.0 Å². The van der Waals surface area contributed by atoms with Crippen molar-refractivity contribution in [1.29, 1.82) is 0 Å². The lowest BCUT2D eigenvalue weighted by Crippen LogP contribution is -2.58. The molecule has 0 N–H and O–H groups in total. The van der Waals surface area contributed by atoms with Gasteiger partial charge in [0.05, 0.1) is 12.1 Å². The number of piperidine rings is 2. The van der Waals surface area contributed by atoms with Gasteiger partial charge in [0.15, 0.2) is 0 Å². The highest BCUT2D eigenvalue weighted by Gasteiger charge is 2.39. The van der Waals surface area contributed by atoms with Crippen molar-refractivity contribution < 1.29 is 23.9 Å². The number of rotatable bonds is 12. The second-order valence-electron chi connectivity index (χ2n) is 22.5. The monoisotopic (exact) mass is 981 g/mol. The minimum absolute atomic E-state index is 0.146. The normalized spacial score (nSPS) is 19.9. The van der Waals surface area contributed by atoms with Crippen molar-refractivity contribution in [3.05, 3.63) is 144 Å². The van der Waals surface area contributed by atoms with Crippen LogP contribution in [0.2, 0.25) is 0 Å². The molecule has 4 saturated heterocycles. The number of amides is 4. The first-order chi connectivity index (χ1) is 34.6. The van der Waals surface area contributed by atoms with Gasteiger partial charge in [-0.15, -0.1) is 0 Å². The average molecular weight is 981 g/mol. The molecule has 4 aromatic carbocycles. The Balaban J connectivity index is 0.000000213. The highest BCUT2D eigenvalue weighted by molar-refractivity contribution is 5.78. The third-order valence-electron chi connectivity index (χ3n) is 15.5. The topological polar surface area (TPSA) is 97.0 Å². The van der Waals surface area contributed by atoms with Crippen LogP contribution >= 0.6 is 0 Å². The summed E-state index contributed by atoms with van der Waals surface area (Å²) in [6.07, 6.45) is 4.48. The Morgan fingerprint density at radius 3 is 1.10 bits per heavy atom. The maximum atomic E-state index is 13.6. The molecular weight excluding hydrogens is 897 g/mol. The average Bonchev–Trinajstić information content (AvgIpc) is 3.37. The molecule has 4 aromatic rings. The molecule has 72 heavy (non-hydrogen) atoms. The largest absolute Gasteiger partial charge is 0.444 e. The predicted octanol–water partition coefficient (Wildman–Crippen LogP) is 10.6. The quantitative estimate of drug-likeness (QED) is 0.139. The van der Waals surface area contributed by atoms with Gasteiger partial charge in [-0.2, -0.15) is 0 Å². The summed E-state index contributed by atoms with van der Waals surface area (Å²) >= 11 is 0. The van der Waals surface area contributed by atoms with Gasteiger partial charge in [0.1, 0.15) is 5.60 Å². The minimum Gasteiger partial charge on any atom is -0.444 e. The molecule has 0 aromatic heterocycles. The summed E-state index contributed by atoms with van der Waals surface area (Å²) in [5.74, 6) is 2.14. The Labute approximate surface area is 431 Å². The Morgan fingerprint density at radius 2 is 0.806 bits per heavy atom. The molecular formula is C61H84N6O5. The highest BCUT2D eigenvalue weighted by atomic mass is 16.6. The van der Waals surface area contributed by atoms with Gasteiger partial charge < -0.3 is 24.3 Å². The van der Waals surface area contributed by atoms with Crippen LogP contribution in [0, 0.1) is 23.7 Å². The lowest BCUT2D eigenvalue weighted by Gasteiger charge is -2.47. The summed E-state index contributed by atoms with van der Waals surface area (Å²) in [7, 11) is 0. The van der Waals surface area contributed by atoms with Gasteiger partial charge in [-0.05, 0) is 92.4 Å². The molecule has 388 valence electrons. The van der Waals surface area contributed by atoms with Gasteiger partial charge in [-0.25, -0.2) is 4.79 Å². The summed E-state index contributed by atoms with van der Waals surface area (Å²) < 4.78 is 5.53. The molecule has 0 bridgehead atoms. The Hall–Kier alpha value is -5.52. The standard InChI is InChI=1S/C32H45N3O3.C29H39N3O2/c1-24(2)28-23-34(30(26-12-8-6-9-13-26)27-14-10-7-11-15-27)20-21-35(28)29(36)22-25-16-18-33(19-17-25)31(37)38-32(3,4)5;1-22(2)27-21-31(29(25-10-6-4-7-11-25)26-12-8-5-9-13-26)18-19-32(27)28(34)20-24-14-16-30(17-15-24)23(3)33/h6-15,24-25,28,30H,16-23H2,1-5H3;4-13,22,24,27,29H,14-21H2,1-3H3/t28-;27-/m11/s1. The lowest BCUT2D eigenvalue weighted by atomic mass is 9.90. The fourth-order valence-corrected chi connectivity index (χ4v) is 11.5. The Bertz CT molecular complexity index is 2230. The van der Waals surface area contributed by atoms with E-state index in [1.165, 1.54) is 22.3 Å². The molecule has 11 heteroatoms. The van der Waals surface area contributed by atoms with Crippen LogP contribution in [-0.2, 0) is 19.1 Å². The first-order valence-electron chi connectivity index (χ1n) is 27.1. The molecule has 4 aliphatic rings. The molecule has 0 radical (unpaired) electrons. The number of carbonyl (C=O) groups excluding carboxylic acids is 4. The van der Waals surface area contributed by atoms with Gasteiger partial charge in [0.2, 0.25) is 17.7 Å². The van der Waals surface area contributed by atoms with Crippen molar-refractivity contribution in [3.63, 3.8) is 0 Å². The van der Waals surface area contributed by atoms with E-state index in [1.54, 1.807) is 11.8 Å². The molecule has 0 spiro atoms. The predicted molar refractivity (Wildman–Crippen MR) is 288 cm³/mol. The number of hydrogen-bond acceptors (Lipinski definition) is 7. The van der Waals surface area contributed by atoms with Gasteiger partial charge in [0, 0.05) is 97.3 Å². The number of nitrogens with zero attached hydrogens (tertiary/aromatic N) is 6. The highest BCUT2D eigenvalue weighted by Crippen LogP contribution is 2.35. The van der Waals surface area contributed by atoms with Crippen LogP contribution in [0.4, 0.5) is 4.79 Å². The number of benzene rings is 4. The number of hydrogen-bond donors (Lipinski definition) is 0. The van der Waals surface area contributed by atoms with Crippen molar-refractivity contribution in [2.75, 3.05) is 65.4 Å². The number of carbonyl (C=O) groups is 4. The maximum Gasteiger partial charge on any atom is 0.410 e. The maximum absolute atomic E-state index is 13.6. The third-order valence-corrected chi connectivity index (χ3v) is 15.5. The van der Waals surface area contributed by atoms with Gasteiger partial charge in [0.25, 0.3) is 0 Å². The van der Waals surface area contributed by atoms with E-state index in [2.05, 4.69) is 169 Å². The van der Waals surface area contributed by atoms with Crippen LogP contribution in [0.5, 0.6) is 0 Å². The zero-order chi connectivity index (χ0) is 51.4. The molecule has 0 saturated carbocycles. The van der Waals surface area contributed by atoms with Gasteiger partial charge in [-0.3, -0.25) is 24.2 Å². The third kappa shape index (κ3) is 14.6. The van der Waals surface area contributed by atoms with Crippen LogP contribution in [0.3, 0.4) is 0 Å². The van der Waals surface area contributed by atoms with Crippen molar-refractivity contribution in [2.24, 2.45) is 23.7 Å². The van der Waals surface area contributed by atoms with E-state index in [4.69, 9.17) is 4.74 Å². The Morgan fingerprint density at radius 1 is 0.486 bits per heavy atom. The van der Waals surface area contributed by atoms with Crippen molar-refractivity contribution >= 4 is 23.8 Å². The number of likely N-dealkylation sites (tertiary alicyclic amines) is 2. The van der Waals surface area contributed by atoms with E-state index >= 15 is 0 Å².